The SMILES string of the molecule is O=C(CC1CC2CCC(C1)N2)Nc1ccc(N2CCCCC2)cn1. The molecule has 3 saturated heterocycles. The first kappa shape index (κ1) is 15.9. The van der Waals surface area contributed by atoms with E-state index < -0.39 is 0 Å². The van der Waals surface area contributed by atoms with Gasteiger partial charge in [0.2, 0.25) is 5.91 Å². The van der Waals surface area contributed by atoms with Crippen LogP contribution in [0.1, 0.15) is 51.4 Å². The lowest BCUT2D eigenvalue weighted by Gasteiger charge is -2.29. The maximum Gasteiger partial charge on any atom is 0.225 e. The number of rotatable bonds is 4. The zero-order valence-electron chi connectivity index (χ0n) is 14.3. The molecule has 2 unspecified atom stereocenters. The van der Waals surface area contributed by atoms with Gasteiger partial charge in [-0.05, 0) is 63.0 Å². The third-order valence-corrected chi connectivity index (χ3v) is 5.78. The molecule has 3 aliphatic rings. The number of carbonyl (C=O) groups is 1. The first-order valence-electron chi connectivity index (χ1n) is 9.53. The summed E-state index contributed by atoms with van der Waals surface area (Å²) < 4.78 is 0. The Kier molecular flexibility index (Phi) is 4.69. The molecule has 2 atom stereocenters. The molecule has 5 nitrogen and oxygen atoms in total. The zero-order chi connectivity index (χ0) is 16.4. The maximum atomic E-state index is 12.3. The summed E-state index contributed by atoms with van der Waals surface area (Å²) in [5, 5.41) is 6.61. The Balaban J connectivity index is 1.29. The van der Waals surface area contributed by atoms with E-state index in [1.54, 1.807) is 0 Å². The Bertz CT molecular complexity index is 555. The standard InChI is InChI=1S/C19H28N4O/c24-19(12-14-10-15-4-5-16(11-14)21-15)22-18-7-6-17(13-20-18)23-8-2-1-3-9-23/h6-7,13-16,21H,1-5,8-12H2,(H,20,22,24). The van der Waals surface area contributed by atoms with Gasteiger partial charge in [0.1, 0.15) is 5.82 Å². The Hall–Kier alpha value is -1.62. The van der Waals surface area contributed by atoms with Crippen molar-refractivity contribution in [1.82, 2.24) is 10.3 Å². The van der Waals surface area contributed by atoms with Crippen LogP contribution < -0.4 is 15.5 Å². The smallest absolute Gasteiger partial charge is 0.225 e. The number of fused-ring (bicyclic) bond motifs is 2. The van der Waals surface area contributed by atoms with Crippen LogP contribution >= 0.6 is 0 Å². The third kappa shape index (κ3) is 3.72. The van der Waals surface area contributed by atoms with Crippen molar-refractivity contribution >= 4 is 17.4 Å². The molecule has 5 heteroatoms. The molecule has 1 amide bonds. The first-order valence-corrected chi connectivity index (χ1v) is 9.53. The minimum absolute atomic E-state index is 0.111. The fourth-order valence-corrected chi connectivity index (χ4v) is 4.60. The van der Waals surface area contributed by atoms with Gasteiger partial charge in [-0.2, -0.15) is 0 Å². The number of nitrogens with zero attached hydrogens (tertiary/aromatic N) is 2. The number of hydrogen-bond acceptors (Lipinski definition) is 4. The van der Waals surface area contributed by atoms with E-state index in [9.17, 15) is 4.79 Å². The van der Waals surface area contributed by atoms with Crippen molar-refractivity contribution in [3.63, 3.8) is 0 Å². The van der Waals surface area contributed by atoms with Gasteiger partial charge in [0.25, 0.3) is 0 Å². The van der Waals surface area contributed by atoms with Gasteiger partial charge in [0.05, 0.1) is 11.9 Å². The molecule has 4 heterocycles. The summed E-state index contributed by atoms with van der Waals surface area (Å²) in [6.45, 7) is 2.23. The minimum atomic E-state index is 0.111. The van der Waals surface area contributed by atoms with Crippen molar-refractivity contribution < 1.29 is 4.79 Å². The molecule has 0 saturated carbocycles. The van der Waals surface area contributed by atoms with E-state index in [0.29, 0.717) is 30.2 Å². The van der Waals surface area contributed by atoms with Crippen molar-refractivity contribution in [3.05, 3.63) is 18.3 Å². The highest BCUT2D eigenvalue weighted by atomic mass is 16.1. The number of anilines is 2. The summed E-state index contributed by atoms with van der Waals surface area (Å²) in [5.74, 6) is 1.31. The van der Waals surface area contributed by atoms with Crippen LogP contribution in [0.3, 0.4) is 0 Å². The Labute approximate surface area is 144 Å². The number of carbonyl (C=O) groups excluding carboxylic acids is 1. The van der Waals surface area contributed by atoms with Crippen LogP contribution in [0.4, 0.5) is 11.5 Å². The molecule has 24 heavy (non-hydrogen) atoms. The van der Waals surface area contributed by atoms with E-state index in [-0.39, 0.29) is 5.91 Å². The van der Waals surface area contributed by atoms with Crippen LogP contribution in [-0.4, -0.2) is 36.1 Å². The van der Waals surface area contributed by atoms with E-state index >= 15 is 0 Å². The highest BCUT2D eigenvalue weighted by Crippen LogP contribution is 2.32. The second kappa shape index (κ2) is 7.09. The van der Waals surface area contributed by atoms with Gasteiger partial charge in [-0.1, -0.05) is 0 Å². The summed E-state index contributed by atoms with van der Waals surface area (Å²) in [6, 6.07) is 5.30. The predicted octanol–water partition coefficient (Wildman–Crippen LogP) is 2.93. The van der Waals surface area contributed by atoms with Crippen molar-refractivity contribution in [2.75, 3.05) is 23.3 Å². The van der Waals surface area contributed by atoms with Crippen LogP contribution in [0.25, 0.3) is 0 Å². The molecule has 1 aromatic heterocycles. The molecule has 0 spiro atoms. The van der Waals surface area contributed by atoms with Gasteiger partial charge in [-0.3, -0.25) is 4.79 Å². The number of hydrogen-bond donors (Lipinski definition) is 2. The van der Waals surface area contributed by atoms with Crippen LogP contribution in [0.2, 0.25) is 0 Å². The highest BCUT2D eigenvalue weighted by Gasteiger charge is 2.34. The summed E-state index contributed by atoms with van der Waals surface area (Å²) in [4.78, 5) is 19.1. The monoisotopic (exact) mass is 328 g/mol. The molecule has 0 aliphatic carbocycles. The van der Waals surface area contributed by atoms with Crippen LogP contribution in [-0.2, 0) is 4.79 Å². The zero-order valence-corrected chi connectivity index (χ0v) is 14.3. The normalized spacial score (nSPS) is 29.5. The number of amides is 1. The molecular formula is C19H28N4O. The molecule has 130 valence electrons. The number of pyridine rings is 1. The van der Waals surface area contributed by atoms with Crippen molar-refractivity contribution in [2.24, 2.45) is 5.92 Å². The van der Waals surface area contributed by atoms with Crippen molar-refractivity contribution in [2.45, 2.75) is 63.5 Å². The molecule has 3 aliphatic heterocycles. The fraction of sp³-hybridized carbons (Fsp3) is 0.684. The average Bonchev–Trinajstić information content (AvgIpc) is 2.95. The maximum absolute atomic E-state index is 12.3. The number of nitrogens with one attached hydrogen (secondary N) is 2. The molecular weight excluding hydrogens is 300 g/mol. The van der Waals surface area contributed by atoms with E-state index in [1.165, 1.54) is 37.8 Å². The minimum Gasteiger partial charge on any atom is -0.370 e. The number of piperidine rings is 2. The Morgan fingerprint density at radius 3 is 2.58 bits per heavy atom. The summed E-state index contributed by atoms with van der Waals surface area (Å²) in [7, 11) is 0. The van der Waals surface area contributed by atoms with E-state index in [1.807, 2.05) is 12.3 Å². The van der Waals surface area contributed by atoms with E-state index in [2.05, 4.69) is 26.6 Å². The fourth-order valence-electron chi connectivity index (χ4n) is 4.60. The van der Waals surface area contributed by atoms with Gasteiger partial charge in [-0.25, -0.2) is 4.98 Å². The molecule has 4 rings (SSSR count). The summed E-state index contributed by atoms with van der Waals surface area (Å²) in [6.07, 6.45) is 11.2. The molecule has 2 bridgehead atoms. The van der Waals surface area contributed by atoms with Gasteiger partial charge in [-0.15, -0.1) is 0 Å². The second-order valence-electron chi connectivity index (χ2n) is 7.68. The topological polar surface area (TPSA) is 57.3 Å². The lowest BCUT2D eigenvalue weighted by Crippen LogP contribution is -2.39. The number of aromatic nitrogens is 1. The summed E-state index contributed by atoms with van der Waals surface area (Å²) in [5.41, 5.74) is 1.17. The largest absolute Gasteiger partial charge is 0.370 e. The van der Waals surface area contributed by atoms with E-state index in [0.717, 1.165) is 25.9 Å². The molecule has 0 radical (unpaired) electrons. The average molecular weight is 328 g/mol. The van der Waals surface area contributed by atoms with Gasteiger partial charge < -0.3 is 15.5 Å². The molecule has 0 aromatic carbocycles. The summed E-state index contributed by atoms with van der Waals surface area (Å²) >= 11 is 0. The van der Waals surface area contributed by atoms with Gasteiger partial charge >= 0.3 is 0 Å². The molecule has 1 aromatic rings. The van der Waals surface area contributed by atoms with Gasteiger partial charge in [0, 0.05) is 31.6 Å². The van der Waals surface area contributed by atoms with E-state index in [4.69, 9.17) is 0 Å². The lowest BCUT2D eigenvalue weighted by atomic mass is 9.89. The highest BCUT2D eigenvalue weighted by molar-refractivity contribution is 5.90. The van der Waals surface area contributed by atoms with Crippen LogP contribution in [0.15, 0.2) is 18.3 Å². The Morgan fingerprint density at radius 1 is 1.17 bits per heavy atom. The lowest BCUT2D eigenvalue weighted by molar-refractivity contribution is -0.117. The first-order chi connectivity index (χ1) is 11.8. The Morgan fingerprint density at radius 2 is 1.92 bits per heavy atom. The second-order valence-corrected chi connectivity index (χ2v) is 7.68. The predicted molar refractivity (Wildman–Crippen MR) is 96.2 cm³/mol. The third-order valence-electron chi connectivity index (χ3n) is 5.78. The van der Waals surface area contributed by atoms with Crippen molar-refractivity contribution in [1.29, 1.82) is 0 Å². The van der Waals surface area contributed by atoms with Crippen LogP contribution in [0, 0.1) is 5.92 Å². The van der Waals surface area contributed by atoms with Crippen LogP contribution in [0.5, 0.6) is 0 Å². The molecule has 2 N–H and O–H groups in total. The van der Waals surface area contributed by atoms with Crippen molar-refractivity contribution in [3.8, 4) is 0 Å². The van der Waals surface area contributed by atoms with Gasteiger partial charge in [0.15, 0.2) is 0 Å². The quantitative estimate of drug-likeness (QED) is 0.892. The molecule has 3 fully saturated rings.